The van der Waals surface area contributed by atoms with E-state index < -0.39 is 0 Å². The number of nitrogens with one attached hydrogen (secondary N) is 1. The molecule has 4 heteroatoms. The van der Waals surface area contributed by atoms with E-state index in [9.17, 15) is 4.79 Å². The quantitative estimate of drug-likeness (QED) is 0.885. The molecule has 1 aromatic rings. The summed E-state index contributed by atoms with van der Waals surface area (Å²) in [5.74, 6) is 0.0240. The number of benzene rings is 1. The Bertz CT molecular complexity index is 461. The van der Waals surface area contributed by atoms with E-state index in [0.29, 0.717) is 12.6 Å². The van der Waals surface area contributed by atoms with E-state index in [0.717, 1.165) is 24.1 Å². The molecule has 0 saturated heterocycles. The summed E-state index contributed by atoms with van der Waals surface area (Å²) < 4.78 is 0. The van der Waals surface area contributed by atoms with Gasteiger partial charge in [-0.15, -0.1) is 0 Å². The first-order chi connectivity index (χ1) is 9.56. The van der Waals surface area contributed by atoms with Gasteiger partial charge in [0.05, 0.1) is 6.54 Å². The molecule has 1 fully saturated rings. The first-order valence-electron chi connectivity index (χ1n) is 7.38. The molecule has 0 heterocycles. The van der Waals surface area contributed by atoms with Gasteiger partial charge in [0.1, 0.15) is 0 Å². The number of nitrogens with zero attached hydrogens (tertiary/aromatic N) is 1. The summed E-state index contributed by atoms with van der Waals surface area (Å²) in [5.41, 5.74) is 8.16. The molecule has 0 bridgehead atoms. The Hall–Kier alpha value is -1.39. The summed E-state index contributed by atoms with van der Waals surface area (Å²) in [6, 6.07) is 8.38. The van der Waals surface area contributed by atoms with Crippen LogP contribution in [0.5, 0.6) is 0 Å². The van der Waals surface area contributed by atoms with E-state index in [1.165, 1.54) is 12.8 Å². The van der Waals surface area contributed by atoms with Crippen LogP contribution in [0.25, 0.3) is 0 Å². The van der Waals surface area contributed by atoms with E-state index in [1.807, 2.05) is 38.2 Å². The van der Waals surface area contributed by atoms with Gasteiger partial charge in [-0.25, -0.2) is 0 Å². The zero-order valence-corrected chi connectivity index (χ0v) is 12.4. The minimum absolute atomic E-state index is 0.0240. The molecule has 2 unspecified atom stereocenters. The number of anilines is 1. The third kappa shape index (κ3) is 4.05. The number of carbonyl (C=O) groups excluding carboxylic acids is 1. The molecule has 3 N–H and O–H groups in total. The van der Waals surface area contributed by atoms with Crippen molar-refractivity contribution in [1.29, 1.82) is 0 Å². The number of likely N-dealkylation sites (N-methyl/N-ethyl adjacent to an activating group) is 1. The predicted octanol–water partition coefficient (Wildman–Crippen LogP) is 2.14. The Labute approximate surface area is 121 Å². The van der Waals surface area contributed by atoms with Crippen LogP contribution in [-0.2, 0) is 4.79 Å². The second-order valence-electron chi connectivity index (χ2n) is 5.85. The van der Waals surface area contributed by atoms with Crippen LogP contribution < -0.4 is 11.1 Å². The molecule has 1 saturated carbocycles. The summed E-state index contributed by atoms with van der Waals surface area (Å²) in [5, 5.41) is 2.95. The molecule has 1 aromatic carbocycles. The SMILES string of the molecule is Cc1cccc(NC(=O)CN(C)C2CCCCC2N)c1. The molecule has 1 amide bonds. The highest BCUT2D eigenvalue weighted by Gasteiger charge is 2.26. The minimum Gasteiger partial charge on any atom is -0.326 e. The lowest BCUT2D eigenvalue weighted by molar-refractivity contribution is -0.117. The van der Waals surface area contributed by atoms with Crippen molar-refractivity contribution >= 4 is 11.6 Å². The zero-order chi connectivity index (χ0) is 14.5. The molecule has 0 radical (unpaired) electrons. The molecule has 4 nitrogen and oxygen atoms in total. The monoisotopic (exact) mass is 275 g/mol. The van der Waals surface area contributed by atoms with Gasteiger partial charge in [-0.1, -0.05) is 25.0 Å². The molecule has 0 aliphatic heterocycles. The Morgan fingerprint density at radius 1 is 1.40 bits per heavy atom. The van der Waals surface area contributed by atoms with Crippen LogP contribution in [-0.4, -0.2) is 36.5 Å². The topological polar surface area (TPSA) is 58.4 Å². The number of carbonyl (C=O) groups is 1. The van der Waals surface area contributed by atoms with Crippen molar-refractivity contribution < 1.29 is 4.79 Å². The molecule has 1 aliphatic rings. The molecule has 110 valence electrons. The van der Waals surface area contributed by atoms with Crippen LogP contribution in [0.2, 0.25) is 0 Å². The van der Waals surface area contributed by atoms with E-state index in [-0.39, 0.29) is 11.9 Å². The molecular weight excluding hydrogens is 250 g/mol. The maximum atomic E-state index is 12.1. The standard InChI is InChI=1S/C16H25N3O/c1-12-6-5-7-13(10-12)18-16(20)11-19(2)15-9-4-3-8-14(15)17/h5-7,10,14-15H,3-4,8-9,11,17H2,1-2H3,(H,18,20). The molecule has 2 rings (SSSR count). The molecule has 20 heavy (non-hydrogen) atoms. The van der Waals surface area contributed by atoms with E-state index in [2.05, 4.69) is 10.2 Å². The Morgan fingerprint density at radius 2 is 2.15 bits per heavy atom. The van der Waals surface area contributed by atoms with E-state index in [1.54, 1.807) is 0 Å². The first kappa shape index (κ1) is 15.0. The van der Waals surface area contributed by atoms with Gasteiger partial charge in [0.15, 0.2) is 0 Å². The zero-order valence-electron chi connectivity index (χ0n) is 12.4. The summed E-state index contributed by atoms with van der Waals surface area (Å²) in [6.45, 7) is 2.41. The number of aryl methyl sites for hydroxylation is 1. The van der Waals surface area contributed by atoms with Crippen molar-refractivity contribution in [1.82, 2.24) is 4.90 Å². The van der Waals surface area contributed by atoms with E-state index >= 15 is 0 Å². The molecule has 0 aromatic heterocycles. The van der Waals surface area contributed by atoms with Gasteiger partial charge >= 0.3 is 0 Å². The number of amides is 1. The Morgan fingerprint density at radius 3 is 2.85 bits per heavy atom. The summed E-state index contributed by atoms with van der Waals surface area (Å²) >= 11 is 0. The molecule has 0 spiro atoms. The van der Waals surface area contributed by atoms with E-state index in [4.69, 9.17) is 5.73 Å². The fourth-order valence-electron chi connectivity index (χ4n) is 2.95. The van der Waals surface area contributed by atoms with Crippen molar-refractivity contribution in [3.05, 3.63) is 29.8 Å². The number of hydrogen-bond donors (Lipinski definition) is 2. The highest BCUT2D eigenvalue weighted by molar-refractivity contribution is 5.92. The summed E-state index contributed by atoms with van der Waals surface area (Å²) in [7, 11) is 1.99. The average molecular weight is 275 g/mol. The van der Waals surface area contributed by atoms with Crippen LogP contribution in [0.4, 0.5) is 5.69 Å². The minimum atomic E-state index is 0.0240. The lowest BCUT2D eigenvalue weighted by atomic mass is 9.90. The Kier molecular flexibility index (Phi) is 5.15. The van der Waals surface area contributed by atoms with Crippen LogP contribution in [0, 0.1) is 6.92 Å². The van der Waals surface area contributed by atoms with Crippen LogP contribution in [0.1, 0.15) is 31.2 Å². The third-order valence-electron chi connectivity index (χ3n) is 4.04. The smallest absolute Gasteiger partial charge is 0.238 e. The van der Waals surface area contributed by atoms with Crippen LogP contribution >= 0.6 is 0 Å². The third-order valence-corrected chi connectivity index (χ3v) is 4.04. The van der Waals surface area contributed by atoms with Gasteiger partial charge in [0.2, 0.25) is 5.91 Å². The van der Waals surface area contributed by atoms with Gasteiger partial charge in [0.25, 0.3) is 0 Å². The predicted molar refractivity (Wildman–Crippen MR) is 82.7 cm³/mol. The lowest BCUT2D eigenvalue weighted by Gasteiger charge is -2.35. The second kappa shape index (κ2) is 6.86. The summed E-state index contributed by atoms with van der Waals surface area (Å²) in [6.07, 6.45) is 4.58. The van der Waals surface area contributed by atoms with Crippen molar-refractivity contribution in [3.63, 3.8) is 0 Å². The highest BCUT2D eigenvalue weighted by Crippen LogP contribution is 2.21. The average Bonchev–Trinajstić information content (AvgIpc) is 2.38. The second-order valence-corrected chi connectivity index (χ2v) is 5.85. The fraction of sp³-hybridized carbons (Fsp3) is 0.562. The maximum absolute atomic E-state index is 12.1. The fourth-order valence-corrected chi connectivity index (χ4v) is 2.95. The summed E-state index contributed by atoms with van der Waals surface area (Å²) in [4.78, 5) is 14.2. The van der Waals surface area contributed by atoms with Gasteiger partial charge in [-0.05, 0) is 44.5 Å². The van der Waals surface area contributed by atoms with Crippen molar-refractivity contribution in [2.75, 3.05) is 18.9 Å². The molecule has 1 aliphatic carbocycles. The normalized spacial score (nSPS) is 22.8. The van der Waals surface area contributed by atoms with Crippen molar-refractivity contribution in [2.45, 2.75) is 44.7 Å². The van der Waals surface area contributed by atoms with Gasteiger partial charge < -0.3 is 11.1 Å². The number of rotatable bonds is 4. The molecule has 2 atom stereocenters. The lowest BCUT2D eigenvalue weighted by Crippen LogP contribution is -2.50. The van der Waals surface area contributed by atoms with Crippen molar-refractivity contribution in [3.8, 4) is 0 Å². The van der Waals surface area contributed by atoms with Crippen molar-refractivity contribution in [2.24, 2.45) is 5.73 Å². The maximum Gasteiger partial charge on any atom is 0.238 e. The Balaban J connectivity index is 1.87. The first-order valence-corrected chi connectivity index (χ1v) is 7.38. The van der Waals surface area contributed by atoms with Crippen LogP contribution in [0.15, 0.2) is 24.3 Å². The highest BCUT2D eigenvalue weighted by atomic mass is 16.2. The molecular formula is C16H25N3O. The number of nitrogens with two attached hydrogens (primary N) is 1. The largest absolute Gasteiger partial charge is 0.326 e. The van der Waals surface area contributed by atoms with Gasteiger partial charge in [-0.3, -0.25) is 9.69 Å². The van der Waals surface area contributed by atoms with Gasteiger partial charge in [-0.2, -0.15) is 0 Å². The van der Waals surface area contributed by atoms with Gasteiger partial charge in [0, 0.05) is 17.8 Å². The number of hydrogen-bond acceptors (Lipinski definition) is 3. The van der Waals surface area contributed by atoms with Crippen LogP contribution in [0.3, 0.4) is 0 Å².